The molecule has 1 aromatic heterocycles. The summed E-state index contributed by atoms with van der Waals surface area (Å²) in [6, 6.07) is 23.6. The molecule has 0 saturated heterocycles. The van der Waals surface area contributed by atoms with Crippen LogP contribution in [0.2, 0.25) is 0 Å². The van der Waals surface area contributed by atoms with Crippen LogP contribution in [-0.4, -0.2) is 53.7 Å². The highest BCUT2D eigenvalue weighted by Gasteiger charge is 2.38. The minimum atomic E-state index is -0.964. The van der Waals surface area contributed by atoms with Gasteiger partial charge in [0.2, 0.25) is 17.8 Å². The highest BCUT2D eigenvalue weighted by atomic mass is 16.5. The second-order valence-electron chi connectivity index (χ2n) is 10.4. The number of primary amides is 1. The minimum absolute atomic E-state index is 0.124. The van der Waals surface area contributed by atoms with Crippen molar-refractivity contribution in [3.05, 3.63) is 95.7 Å². The van der Waals surface area contributed by atoms with E-state index in [-0.39, 0.29) is 11.1 Å². The smallest absolute Gasteiger partial charge is 0.367 e. The molecule has 7 heteroatoms. The minimum Gasteiger partial charge on any atom is -0.477 e. The number of aryl methyl sites for hydroxylation is 1. The number of unbranched alkanes of at least 4 members (excludes halogenated alkanes) is 1. The van der Waals surface area contributed by atoms with Gasteiger partial charge in [-0.1, -0.05) is 67.9 Å². The van der Waals surface area contributed by atoms with Gasteiger partial charge < -0.3 is 20.1 Å². The number of benzene rings is 3. The Labute approximate surface area is 229 Å². The van der Waals surface area contributed by atoms with Crippen LogP contribution in [0.25, 0.3) is 21.9 Å². The van der Waals surface area contributed by atoms with Gasteiger partial charge in [-0.2, -0.15) is 0 Å². The Morgan fingerprint density at radius 1 is 1.00 bits per heavy atom. The molecule has 7 nitrogen and oxygen atoms in total. The maximum absolute atomic E-state index is 12.7. The molecule has 3 aromatic carbocycles. The van der Waals surface area contributed by atoms with Crippen LogP contribution in [-0.2, 0) is 11.2 Å². The zero-order valence-electron chi connectivity index (χ0n) is 22.8. The Hall–Kier alpha value is -4.23. The highest BCUT2D eigenvalue weighted by Crippen LogP contribution is 2.35. The van der Waals surface area contributed by atoms with Crippen molar-refractivity contribution < 1.29 is 23.9 Å². The van der Waals surface area contributed by atoms with Crippen LogP contribution in [0.1, 0.15) is 47.4 Å². The van der Waals surface area contributed by atoms with Gasteiger partial charge >= 0.3 is 5.97 Å². The van der Waals surface area contributed by atoms with Gasteiger partial charge in [-0.25, -0.2) is 9.78 Å². The largest absolute Gasteiger partial charge is 0.477 e. The van der Waals surface area contributed by atoms with Gasteiger partial charge in [0, 0.05) is 22.2 Å². The van der Waals surface area contributed by atoms with E-state index in [2.05, 4.69) is 19.1 Å². The molecule has 0 aliphatic rings. The molecule has 1 heterocycles. The van der Waals surface area contributed by atoms with Crippen molar-refractivity contribution in [2.45, 2.75) is 32.2 Å². The number of hydrogen-bond donors (Lipinski definition) is 2. The van der Waals surface area contributed by atoms with Crippen molar-refractivity contribution in [1.29, 1.82) is 0 Å². The molecule has 1 atom stereocenters. The van der Waals surface area contributed by atoms with Crippen molar-refractivity contribution in [2.24, 2.45) is 5.73 Å². The van der Waals surface area contributed by atoms with Crippen LogP contribution in [0.5, 0.6) is 5.88 Å². The summed E-state index contributed by atoms with van der Waals surface area (Å²) in [4.78, 5) is 29.5. The number of nitrogens with two attached hydrogens (primary N) is 1. The number of hydrogen-bond acceptors (Lipinski definition) is 4. The fourth-order valence-corrected chi connectivity index (χ4v) is 4.95. The fraction of sp³-hybridized carbons (Fsp3) is 0.281. The molecule has 1 amide bonds. The highest BCUT2D eigenvalue weighted by molar-refractivity contribution is 5.95. The summed E-state index contributed by atoms with van der Waals surface area (Å²) in [5.41, 5.74) is 8.96. The first-order chi connectivity index (χ1) is 18.7. The summed E-state index contributed by atoms with van der Waals surface area (Å²) in [6.45, 7) is 2.85. The second kappa shape index (κ2) is 12.1. The summed E-state index contributed by atoms with van der Waals surface area (Å²) in [7, 11) is 3.75. The van der Waals surface area contributed by atoms with Crippen LogP contribution in [0, 0.1) is 0 Å². The number of carbonyl (C=O) groups excluding carboxylic acids is 1. The van der Waals surface area contributed by atoms with E-state index < -0.39 is 17.9 Å². The van der Waals surface area contributed by atoms with Crippen molar-refractivity contribution >= 4 is 22.6 Å². The zero-order chi connectivity index (χ0) is 28.0. The molecule has 0 saturated carbocycles. The number of carbonyl (C=O) groups is 2. The van der Waals surface area contributed by atoms with Gasteiger partial charge in [-0.05, 0) is 53.6 Å². The molecule has 0 aliphatic heterocycles. The molecule has 0 radical (unpaired) electrons. The molecule has 4 aromatic rings. The lowest BCUT2D eigenvalue weighted by atomic mass is 9.91. The summed E-state index contributed by atoms with van der Waals surface area (Å²) in [6.07, 6.45) is 3.01. The Morgan fingerprint density at radius 2 is 1.72 bits per heavy atom. The lowest BCUT2D eigenvalue weighted by molar-refractivity contribution is -0.912. The van der Waals surface area contributed by atoms with E-state index in [0.29, 0.717) is 29.1 Å². The summed E-state index contributed by atoms with van der Waals surface area (Å²) in [5.74, 6) is -0.954. The Kier molecular flexibility index (Phi) is 8.62. The Morgan fingerprint density at radius 3 is 2.41 bits per heavy atom. The first kappa shape index (κ1) is 27.8. The molecule has 3 N–H and O–H groups in total. The molecule has 0 bridgehead atoms. The molecular formula is C32H36N3O4+. The molecule has 0 fully saturated rings. The zero-order valence-corrected chi connectivity index (χ0v) is 22.8. The van der Waals surface area contributed by atoms with Gasteiger partial charge in [0.1, 0.15) is 13.2 Å². The maximum atomic E-state index is 12.7. The number of pyridine rings is 1. The van der Waals surface area contributed by atoms with Crippen molar-refractivity contribution in [3.63, 3.8) is 0 Å². The Bertz CT molecular complexity index is 1470. The third-order valence-corrected chi connectivity index (χ3v) is 7.10. The number of aliphatic carboxylic acids is 1. The first-order valence-electron chi connectivity index (χ1n) is 13.3. The molecule has 0 aliphatic carbocycles. The van der Waals surface area contributed by atoms with Gasteiger partial charge in [-0.3, -0.25) is 4.79 Å². The van der Waals surface area contributed by atoms with Crippen molar-refractivity contribution in [1.82, 2.24) is 4.98 Å². The number of quaternary nitrogens is 1. The van der Waals surface area contributed by atoms with Crippen molar-refractivity contribution in [3.8, 4) is 17.0 Å². The number of nitrogens with zero attached hydrogens (tertiary/aromatic N) is 2. The molecule has 0 spiro atoms. The molecule has 39 heavy (non-hydrogen) atoms. The average Bonchev–Trinajstić information content (AvgIpc) is 2.92. The topological polar surface area (TPSA) is 103 Å². The molecule has 0 unspecified atom stereocenters. The van der Waals surface area contributed by atoms with Crippen LogP contribution >= 0.6 is 0 Å². The van der Waals surface area contributed by atoms with Crippen molar-refractivity contribution in [2.75, 3.05) is 27.2 Å². The van der Waals surface area contributed by atoms with E-state index in [0.717, 1.165) is 41.3 Å². The van der Waals surface area contributed by atoms with Gasteiger partial charge in [-0.15, -0.1) is 0 Å². The number of likely N-dealkylation sites (N-methyl/N-ethyl adjacent to an activating group) is 1. The van der Waals surface area contributed by atoms with E-state index in [1.807, 2.05) is 62.6 Å². The fourth-order valence-electron chi connectivity index (χ4n) is 4.95. The maximum Gasteiger partial charge on any atom is 0.367 e. The number of aromatic nitrogens is 1. The lowest BCUT2D eigenvalue weighted by Gasteiger charge is -2.36. The number of carboxylic acids is 1. The van der Waals surface area contributed by atoms with Gasteiger partial charge in [0.15, 0.2) is 0 Å². The lowest BCUT2D eigenvalue weighted by Crippen LogP contribution is -2.49. The quantitative estimate of drug-likeness (QED) is 0.233. The van der Waals surface area contributed by atoms with E-state index in [1.54, 1.807) is 18.2 Å². The van der Waals surface area contributed by atoms with E-state index in [1.165, 1.54) is 0 Å². The van der Waals surface area contributed by atoms with Crippen LogP contribution in [0.15, 0.2) is 78.9 Å². The normalized spacial score (nSPS) is 12.3. The molecule has 4 rings (SSSR count). The van der Waals surface area contributed by atoms with E-state index >= 15 is 0 Å². The van der Waals surface area contributed by atoms with E-state index in [4.69, 9.17) is 15.5 Å². The standard InChI is InChI=1S/C32H35N3O4/c1-4-5-14-25-20-23-13-9-10-15-26(23)31(34-25)39-19-18-35(2,3)29(32(37)38)27-17-16-24(30(33)36)21-28(27)22-11-7-6-8-12-22/h6-13,15-17,20-21,29H,4-5,14,18-19H2,1-3H3,(H2-,33,36,37,38)/p+1/t29-/m1/s1. The second-order valence-corrected chi connectivity index (χ2v) is 10.4. The summed E-state index contributed by atoms with van der Waals surface area (Å²) in [5, 5.41) is 12.4. The summed E-state index contributed by atoms with van der Waals surface area (Å²) < 4.78 is 6.35. The predicted octanol–water partition coefficient (Wildman–Crippen LogP) is 5.62. The predicted molar refractivity (Wildman–Crippen MR) is 154 cm³/mol. The molecular weight excluding hydrogens is 490 g/mol. The number of fused-ring (bicyclic) bond motifs is 1. The number of rotatable bonds is 12. The Balaban J connectivity index is 1.63. The molecule has 202 valence electrons. The SMILES string of the molecule is CCCCc1cc2ccccc2c(OCC[N+](C)(C)[C@@H](C(=O)O)c2ccc(C(N)=O)cc2-c2ccccc2)n1. The van der Waals surface area contributed by atoms with Crippen LogP contribution < -0.4 is 10.5 Å². The first-order valence-corrected chi connectivity index (χ1v) is 13.3. The number of amides is 1. The van der Waals surface area contributed by atoms with Gasteiger partial charge in [0.05, 0.1) is 14.1 Å². The monoisotopic (exact) mass is 526 g/mol. The number of carboxylic acid groups (broad SMARTS) is 1. The van der Waals surface area contributed by atoms with Crippen LogP contribution in [0.3, 0.4) is 0 Å². The number of ether oxygens (including phenoxy) is 1. The van der Waals surface area contributed by atoms with Crippen LogP contribution in [0.4, 0.5) is 0 Å². The summed E-state index contributed by atoms with van der Waals surface area (Å²) >= 11 is 0. The average molecular weight is 527 g/mol. The van der Waals surface area contributed by atoms with Gasteiger partial charge in [0.25, 0.3) is 0 Å². The van der Waals surface area contributed by atoms with E-state index in [9.17, 15) is 14.7 Å². The third-order valence-electron chi connectivity index (χ3n) is 7.10. The third kappa shape index (κ3) is 6.44.